The number of aliphatic hydroxyl groups is 1. The minimum Gasteiger partial charge on any atom is -0.512 e. The number of amides is 1. The molecule has 8 heteroatoms. The van der Waals surface area contributed by atoms with Crippen molar-refractivity contribution < 1.29 is 28.9 Å². The number of aliphatic hydroxyl groups excluding tert-OH is 1. The van der Waals surface area contributed by atoms with Crippen molar-refractivity contribution in [3.8, 4) is 11.5 Å². The molecule has 0 radical (unpaired) electrons. The third kappa shape index (κ3) is 5.11. The number of aliphatic imine (C=N–C) groups is 2. The van der Waals surface area contributed by atoms with E-state index in [0.717, 1.165) is 0 Å². The Morgan fingerprint density at radius 2 is 1.61 bits per heavy atom. The number of fused-ring (bicyclic) bond motifs is 1. The number of benzene rings is 2. The number of hydrogen-bond acceptors (Lipinski definition) is 6. The summed E-state index contributed by atoms with van der Waals surface area (Å²) in [6.07, 6.45) is 0. The van der Waals surface area contributed by atoms with E-state index in [-0.39, 0.29) is 28.4 Å². The molecule has 2 aromatic rings. The number of amidine groups is 1. The Morgan fingerprint density at radius 3 is 2.18 bits per heavy atom. The van der Waals surface area contributed by atoms with Crippen LogP contribution in [0.4, 0.5) is 0 Å². The monoisotopic (exact) mass is 450 g/mol. The molecule has 1 aliphatic rings. The maximum Gasteiger partial charge on any atom is 0.344 e. The summed E-state index contributed by atoms with van der Waals surface area (Å²) in [7, 11) is 2.98. The van der Waals surface area contributed by atoms with Crippen LogP contribution in [0.3, 0.4) is 0 Å². The minimum atomic E-state index is -0.767. The Balaban J connectivity index is 2.07. The Morgan fingerprint density at radius 1 is 0.970 bits per heavy atom. The number of ether oxygens (including phenoxy) is 3. The first-order chi connectivity index (χ1) is 15.6. The van der Waals surface area contributed by atoms with Gasteiger partial charge in [-0.3, -0.25) is 4.79 Å². The Bertz CT molecular complexity index is 1200. The highest BCUT2D eigenvalue weighted by Crippen LogP contribution is 2.29. The number of carbonyl (C=O) groups excluding carboxylic acids is 2. The predicted molar refractivity (Wildman–Crippen MR) is 125 cm³/mol. The number of methoxy groups -OCH3 is 2. The molecule has 33 heavy (non-hydrogen) atoms. The van der Waals surface area contributed by atoms with Gasteiger partial charge in [0.15, 0.2) is 17.3 Å². The quantitative estimate of drug-likeness (QED) is 0.414. The molecule has 1 heterocycles. The average molecular weight is 450 g/mol. The third-order valence-electron chi connectivity index (χ3n) is 4.68. The van der Waals surface area contributed by atoms with Gasteiger partial charge in [-0.25, -0.2) is 9.79 Å². The molecule has 1 aliphatic heterocycles. The molecule has 2 aromatic carbocycles. The lowest BCUT2D eigenvalue weighted by molar-refractivity contribution is -0.149. The highest BCUT2D eigenvalue weighted by Gasteiger charge is 2.32. The maximum absolute atomic E-state index is 12.9. The van der Waals surface area contributed by atoms with Gasteiger partial charge in [-0.2, -0.15) is 4.99 Å². The first-order valence-corrected chi connectivity index (χ1v) is 10.2. The van der Waals surface area contributed by atoms with Crippen molar-refractivity contribution in [1.82, 2.24) is 0 Å². The predicted octanol–water partition coefficient (Wildman–Crippen LogP) is 4.27. The van der Waals surface area contributed by atoms with Gasteiger partial charge in [-0.15, -0.1) is 0 Å². The number of hydrogen-bond donors (Lipinski definition) is 1. The Labute approximate surface area is 192 Å². The van der Waals surface area contributed by atoms with Crippen LogP contribution in [0.2, 0.25) is 0 Å². The molecule has 0 saturated carbocycles. The second kappa shape index (κ2) is 9.28. The van der Waals surface area contributed by atoms with Crippen LogP contribution in [0.5, 0.6) is 11.5 Å². The molecule has 0 fully saturated rings. The molecule has 1 N–H and O–H groups in total. The number of nitrogens with zero attached hydrogens (tertiary/aromatic N) is 2. The summed E-state index contributed by atoms with van der Waals surface area (Å²) in [6, 6.07) is 11.7. The van der Waals surface area contributed by atoms with Gasteiger partial charge in [0.1, 0.15) is 16.9 Å². The van der Waals surface area contributed by atoms with Crippen LogP contribution in [-0.4, -0.2) is 48.4 Å². The van der Waals surface area contributed by atoms with Crippen LogP contribution in [0.1, 0.15) is 49.2 Å². The van der Waals surface area contributed by atoms with Crippen LogP contribution < -0.4 is 9.47 Å². The van der Waals surface area contributed by atoms with Gasteiger partial charge >= 0.3 is 5.97 Å². The van der Waals surface area contributed by atoms with Gasteiger partial charge in [0.05, 0.1) is 19.9 Å². The summed E-state index contributed by atoms with van der Waals surface area (Å²) in [6.45, 7) is 6.57. The van der Waals surface area contributed by atoms with E-state index < -0.39 is 17.5 Å². The summed E-state index contributed by atoms with van der Waals surface area (Å²) >= 11 is 0. The van der Waals surface area contributed by atoms with E-state index in [0.29, 0.717) is 22.6 Å². The van der Waals surface area contributed by atoms with Crippen molar-refractivity contribution in [2.24, 2.45) is 9.98 Å². The van der Waals surface area contributed by atoms with E-state index in [4.69, 9.17) is 14.2 Å². The zero-order valence-electron chi connectivity index (χ0n) is 19.4. The van der Waals surface area contributed by atoms with Gasteiger partial charge in [-0.05, 0) is 45.9 Å². The van der Waals surface area contributed by atoms with E-state index in [1.807, 2.05) is 0 Å². The minimum absolute atomic E-state index is 0.0823. The highest BCUT2D eigenvalue weighted by molar-refractivity contribution is 6.36. The van der Waals surface area contributed by atoms with Crippen LogP contribution in [-0.2, 0) is 9.53 Å². The van der Waals surface area contributed by atoms with Crippen molar-refractivity contribution >= 4 is 23.4 Å². The van der Waals surface area contributed by atoms with Crippen molar-refractivity contribution in [2.75, 3.05) is 14.2 Å². The molecule has 0 atom stereocenters. The van der Waals surface area contributed by atoms with Crippen LogP contribution in [0.15, 0.2) is 63.8 Å². The summed E-state index contributed by atoms with van der Waals surface area (Å²) in [5.74, 6) is -0.504. The molecule has 0 unspecified atom stereocenters. The Kier molecular flexibility index (Phi) is 6.67. The summed E-state index contributed by atoms with van der Waals surface area (Å²) in [5, 5.41) is 10.3. The van der Waals surface area contributed by atoms with E-state index in [1.54, 1.807) is 57.2 Å². The molecular weight excluding hydrogens is 424 g/mol. The number of rotatable bonds is 5. The van der Waals surface area contributed by atoms with Gasteiger partial charge < -0.3 is 19.3 Å². The van der Waals surface area contributed by atoms with Gasteiger partial charge in [0.25, 0.3) is 5.91 Å². The van der Waals surface area contributed by atoms with Crippen LogP contribution in [0.25, 0.3) is 0 Å². The van der Waals surface area contributed by atoms with Crippen LogP contribution in [0, 0.1) is 0 Å². The lowest BCUT2D eigenvalue weighted by Gasteiger charge is -2.21. The zero-order valence-corrected chi connectivity index (χ0v) is 19.4. The fourth-order valence-electron chi connectivity index (χ4n) is 3.26. The number of carbonyl (C=O) groups is 2. The van der Waals surface area contributed by atoms with Crippen molar-refractivity contribution in [3.05, 3.63) is 70.5 Å². The fourth-order valence-corrected chi connectivity index (χ4v) is 3.26. The molecular formula is C25H26N2O6. The third-order valence-corrected chi connectivity index (χ3v) is 4.68. The number of allylic oxidation sites excluding steroid dienone is 1. The van der Waals surface area contributed by atoms with Gasteiger partial charge in [0.2, 0.25) is 0 Å². The Hall–Kier alpha value is -3.94. The van der Waals surface area contributed by atoms with E-state index in [2.05, 4.69) is 9.98 Å². The van der Waals surface area contributed by atoms with Gasteiger partial charge in [0, 0.05) is 16.7 Å². The maximum atomic E-state index is 12.9. The van der Waals surface area contributed by atoms with Crippen molar-refractivity contribution in [1.29, 1.82) is 0 Å². The van der Waals surface area contributed by atoms with E-state index in [1.165, 1.54) is 27.2 Å². The molecule has 0 aliphatic carbocycles. The zero-order chi connectivity index (χ0) is 24.3. The largest absolute Gasteiger partial charge is 0.512 e. The summed E-state index contributed by atoms with van der Waals surface area (Å²) in [4.78, 5) is 34.4. The summed E-state index contributed by atoms with van der Waals surface area (Å²) in [5.41, 5.74) is 0.744. The molecule has 8 nitrogen and oxygen atoms in total. The first-order valence-electron chi connectivity index (χ1n) is 10.2. The second-order valence-electron chi connectivity index (χ2n) is 8.28. The van der Waals surface area contributed by atoms with Gasteiger partial charge in [-0.1, -0.05) is 24.3 Å². The topological polar surface area (TPSA) is 107 Å². The molecule has 0 bridgehead atoms. The fraction of sp³-hybridized carbons (Fsp3) is 0.280. The molecule has 0 aromatic heterocycles. The van der Waals surface area contributed by atoms with Crippen molar-refractivity contribution in [3.63, 3.8) is 0 Å². The highest BCUT2D eigenvalue weighted by atomic mass is 16.6. The second-order valence-corrected chi connectivity index (χ2v) is 8.28. The van der Waals surface area contributed by atoms with Crippen LogP contribution >= 0.6 is 0 Å². The first kappa shape index (κ1) is 23.7. The normalized spacial score (nSPS) is 14.8. The number of esters is 1. The SMILES string of the molecule is COc1ccc(C(=O)N=C2N=C(C(C(=O)OC(C)(C)C)=C(C)O)c3ccccc32)cc1OC. The lowest BCUT2D eigenvalue weighted by atomic mass is 9.99. The molecule has 0 saturated heterocycles. The summed E-state index contributed by atoms with van der Waals surface area (Å²) < 4.78 is 15.9. The van der Waals surface area contributed by atoms with Crippen molar-refractivity contribution in [2.45, 2.75) is 33.3 Å². The molecule has 3 rings (SSSR count). The average Bonchev–Trinajstić information content (AvgIpc) is 3.09. The molecule has 172 valence electrons. The molecule has 0 spiro atoms. The van der Waals surface area contributed by atoms with E-state index in [9.17, 15) is 14.7 Å². The molecule has 1 amide bonds. The smallest absolute Gasteiger partial charge is 0.344 e. The standard InChI is InChI=1S/C25H26N2O6/c1-14(28)20(24(30)33-25(2,3)4)21-16-9-7-8-10-17(16)22(26-21)27-23(29)15-11-12-18(31-5)19(13-15)32-6/h7-13,28H,1-6H3. The van der Waals surface area contributed by atoms with E-state index >= 15 is 0 Å². The lowest BCUT2D eigenvalue weighted by Crippen LogP contribution is -2.28.